The Morgan fingerprint density at radius 2 is 2.00 bits per heavy atom. The van der Waals surface area contributed by atoms with Crippen molar-refractivity contribution in [3.05, 3.63) is 30.3 Å². The zero-order valence-electron chi connectivity index (χ0n) is 11.2. The van der Waals surface area contributed by atoms with E-state index < -0.39 is 0 Å². The van der Waals surface area contributed by atoms with Crippen LogP contribution in [0.4, 0.5) is 11.9 Å². The van der Waals surface area contributed by atoms with Crippen molar-refractivity contribution in [2.75, 3.05) is 22.5 Å². The maximum atomic E-state index is 12.1. The first kappa shape index (κ1) is 13.9. The van der Waals surface area contributed by atoms with Crippen LogP contribution in [0.25, 0.3) is 11.4 Å². The molecule has 1 aromatic heterocycles. The average Bonchev–Trinajstić information content (AvgIpc) is 2.89. The van der Waals surface area contributed by atoms with E-state index in [2.05, 4.69) is 30.9 Å². The van der Waals surface area contributed by atoms with Crippen LogP contribution in [-0.4, -0.2) is 32.7 Å². The summed E-state index contributed by atoms with van der Waals surface area (Å²) in [5.74, 6) is 1.22. The van der Waals surface area contributed by atoms with Crippen molar-refractivity contribution in [2.24, 2.45) is 5.92 Å². The predicted molar refractivity (Wildman–Crippen MR) is 83.9 cm³/mol. The van der Waals surface area contributed by atoms with E-state index in [9.17, 15) is 4.79 Å². The third kappa shape index (κ3) is 2.87. The quantitative estimate of drug-likeness (QED) is 0.856. The van der Waals surface area contributed by atoms with E-state index in [0.29, 0.717) is 24.7 Å². The number of hydrogen-bond donors (Lipinski definition) is 1. The summed E-state index contributed by atoms with van der Waals surface area (Å²) in [6.07, 6.45) is 0.498. The third-order valence-electron chi connectivity index (χ3n) is 3.34. The number of nitrogens with two attached hydrogens (primary N) is 1. The number of nitrogens with zero attached hydrogens (tertiary/aromatic N) is 4. The maximum Gasteiger partial charge on any atom is 0.237 e. The normalized spacial score (nSPS) is 18.2. The van der Waals surface area contributed by atoms with Gasteiger partial charge in [0.2, 0.25) is 17.8 Å². The fourth-order valence-electron chi connectivity index (χ4n) is 2.30. The molecule has 21 heavy (non-hydrogen) atoms. The van der Waals surface area contributed by atoms with Gasteiger partial charge in [-0.05, 0) is 5.92 Å². The maximum absolute atomic E-state index is 12.1. The molecule has 0 bridgehead atoms. The molecule has 3 rings (SSSR count). The van der Waals surface area contributed by atoms with E-state index in [1.165, 1.54) is 0 Å². The van der Waals surface area contributed by atoms with Gasteiger partial charge in [-0.3, -0.25) is 9.69 Å². The molecule has 1 aliphatic rings. The molecule has 7 heteroatoms. The Hall–Kier alpha value is -2.02. The van der Waals surface area contributed by atoms with E-state index in [1.54, 1.807) is 4.90 Å². The second kappa shape index (κ2) is 5.77. The highest BCUT2D eigenvalue weighted by Gasteiger charge is 2.32. The van der Waals surface area contributed by atoms with Crippen molar-refractivity contribution in [2.45, 2.75) is 6.42 Å². The Morgan fingerprint density at radius 3 is 2.67 bits per heavy atom. The predicted octanol–water partition coefficient (Wildman–Crippen LogP) is 1.87. The van der Waals surface area contributed by atoms with Crippen LogP contribution in [0.1, 0.15) is 6.42 Å². The Kier molecular flexibility index (Phi) is 3.83. The molecule has 1 atom stereocenters. The van der Waals surface area contributed by atoms with E-state index in [0.717, 1.165) is 10.9 Å². The Labute approximate surface area is 130 Å². The lowest BCUT2D eigenvalue weighted by atomic mass is 10.2. The van der Waals surface area contributed by atoms with Crippen LogP contribution in [0.2, 0.25) is 0 Å². The molecule has 1 fully saturated rings. The fraction of sp³-hybridized carbons (Fsp3) is 0.286. The minimum atomic E-state index is 0.0176. The first-order valence-electron chi connectivity index (χ1n) is 6.60. The van der Waals surface area contributed by atoms with Crippen LogP contribution in [-0.2, 0) is 4.79 Å². The van der Waals surface area contributed by atoms with E-state index in [4.69, 9.17) is 5.73 Å². The minimum Gasteiger partial charge on any atom is -0.368 e. The van der Waals surface area contributed by atoms with Crippen LogP contribution in [0.3, 0.4) is 0 Å². The molecule has 1 aliphatic heterocycles. The zero-order valence-corrected chi connectivity index (χ0v) is 12.8. The molecule has 6 nitrogen and oxygen atoms in total. The number of carbonyl (C=O) groups excluding carboxylic acids is 1. The molecule has 0 saturated carbocycles. The molecule has 1 saturated heterocycles. The molecule has 0 aliphatic carbocycles. The molecule has 0 spiro atoms. The van der Waals surface area contributed by atoms with Crippen LogP contribution in [0.15, 0.2) is 30.3 Å². The van der Waals surface area contributed by atoms with Gasteiger partial charge in [0.05, 0.1) is 0 Å². The van der Waals surface area contributed by atoms with Gasteiger partial charge in [-0.25, -0.2) is 0 Å². The van der Waals surface area contributed by atoms with Gasteiger partial charge in [-0.1, -0.05) is 46.3 Å². The number of halogens is 1. The van der Waals surface area contributed by atoms with Crippen molar-refractivity contribution in [3.8, 4) is 11.4 Å². The Morgan fingerprint density at radius 1 is 1.24 bits per heavy atom. The summed E-state index contributed by atoms with van der Waals surface area (Å²) in [5.41, 5.74) is 6.61. The number of amides is 1. The number of nitrogen functional groups attached to an aromatic ring is 1. The van der Waals surface area contributed by atoms with Gasteiger partial charge in [0, 0.05) is 23.9 Å². The smallest absolute Gasteiger partial charge is 0.237 e. The number of rotatable bonds is 3. The number of alkyl halides is 1. The summed E-state index contributed by atoms with van der Waals surface area (Å²) in [7, 11) is 0. The van der Waals surface area contributed by atoms with E-state index >= 15 is 0 Å². The lowest BCUT2D eigenvalue weighted by Crippen LogP contribution is -2.27. The Bertz CT molecular complexity index is 664. The van der Waals surface area contributed by atoms with Crippen LogP contribution in [0.5, 0.6) is 0 Å². The lowest BCUT2D eigenvalue weighted by Gasteiger charge is -2.15. The van der Waals surface area contributed by atoms with Gasteiger partial charge < -0.3 is 5.73 Å². The van der Waals surface area contributed by atoms with Gasteiger partial charge in [-0.2, -0.15) is 15.0 Å². The van der Waals surface area contributed by atoms with Crippen molar-refractivity contribution in [1.29, 1.82) is 0 Å². The standard InChI is InChI=1S/C14H14BrN5O/c15-7-9-6-11(21)20(8-9)14-18-12(17-13(16)19-14)10-4-2-1-3-5-10/h1-5,9H,6-8H2,(H2,16,17,18,19). The largest absolute Gasteiger partial charge is 0.368 e. The first-order valence-corrected chi connectivity index (χ1v) is 7.73. The molecular weight excluding hydrogens is 334 g/mol. The average molecular weight is 348 g/mol. The summed E-state index contributed by atoms with van der Waals surface area (Å²) < 4.78 is 0. The summed E-state index contributed by atoms with van der Waals surface area (Å²) in [5, 5.41) is 0.779. The van der Waals surface area contributed by atoms with Gasteiger partial charge in [0.1, 0.15) is 0 Å². The van der Waals surface area contributed by atoms with Gasteiger partial charge in [-0.15, -0.1) is 0 Å². The highest BCUT2D eigenvalue weighted by molar-refractivity contribution is 9.09. The van der Waals surface area contributed by atoms with E-state index in [-0.39, 0.29) is 17.8 Å². The molecule has 2 N–H and O–H groups in total. The third-order valence-corrected chi connectivity index (χ3v) is 4.25. The second-order valence-corrected chi connectivity index (χ2v) is 5.56. The molecule has 2 aromatic rings. The summed E-state index contributed by atoms with van der Waals surface area (Å²) >= 11 is 3.41. The number of carbonyl (C=O) groups is 1. The minimum absolute atomic E-state index is 0.0176. The second-order valence-electron chi connectivity index (χ2n) is 4.91. The summed E-state index contributed by atoms with van der Waals surface area (Å²) in [4.78, 5) is 26.3. The Balaban J connectivity index is 1.97. The number of benzene rings is 1. The van der Waals surface area contributed by atoms with Crippen molar-refractivity contribution < 1.29 is 4.79 Å². The van der Waals surface area contributed by atoms with Crippen molar-refractivity contribution in [1.82, 2.24) is 15.0 Å². The fourth-order valence-corrected chi connectivity index (χ4v) is 2.73. The number of anilines is 2. The first-order chi connectivity index (χ1) is 10.2. The van der Waals surface area contributed by atoms with Crippen LogP contribution in [0, 0.1) is 5.92 Å². The topological polar surface area (TPSA) is 85.0 Å². The van der Waals surface area contributed by atoms with Crippen LogP contribution >= 0.6 is 15.9 Å². The molecular formula is C14H14BrN5O. The molecule has 1 amide bonds. The number of hydrogen-bond acceptors (Lipinski definition) is 5. The highest BCUT2D eigenvalue weighted by Crippen LogP contribution is 2.25. The zero-order chi connectivity index (χ0) is 14.8. The SMILES string of the molecule is Nc1nc(-c2ccccc2)nc(N2CC(CBr)CC2=O)n1. The van der Waals surface area contributed by atoms with E-state index in [1.807, 2.05) is 30.3 Å². The molecule has 108 valence electrons. The number of aromatic nitrogens is 3. The molecule has 1 aromatic carbocycles. The summed E-state index contributed by atoms with van der Waals surface area (Å²) in [6, 6.07) is 9.50. The van der Waals surface area contributed by atoms with Gasteiger partial charge >= 0.3 is 0 Å². The molecule has 0 radical (unpaired) electrons. The monoisotopic (exact) mass is 347 g/mol. The van der Waals surface area contributed by atoms with Gasteiger partial charge in [0.25, 0.3) is 0 Å². The van der Waals surface area contributed by atoms with Crippen LogP contribution < -0.4 is 10.6 Å². The molecule has 1 unspecified atom stereocenters. The van der Waals surface area contributed by atoms with Crippen molar-refractivity contribution in [3.63, 3.8) is 0 Å². The lowest BCUT2D eigenvalue weighted by molar-refractivity contribution is -0.117. The highest BCUT2D eigenvalue weighted by atomic mass is 79.9. The summed E-state index contributed by atoms with van der Waals surface area (Å²) in [6.45, 7) is 0.599. The molecule has 2 heterocycles. The van der Waals surface area contributed by atoms with Gasteiger partial charge in [0.15, 0.2) is 5.82 Å². The van der Waals surface area contributed by atoms with Crippen molar-refractivity contribution >= 4 is 33.7 Å².